The Morgan fingerprint density at radius 1 is 1.07 bits per heavy atom. The van der Waals surface area contributed by atoms with Crippen LogP contribution in [-0.2, 0) is 22.6 Å². The molecule has 30 heavy (non-hydrogen) atoms. The molecule has 0 saturated carbocycles. The molecule has 2 amide bonds. The molecule has 1 aromatic heterocycles. The second-order valence-electron chi connectivity index (χ2n) is 7.58. The highest BCUT2D eigenvalue weighted by atomic mass is 16.2. The van der Waals surface area contributed by atoms with Gasteiger partial charge in [0.2, 0.25) is 11.8 Å². The van der Waals surface area contributed by atoms with Crippen molar-refractivity contribution in [1.29, 1.82) is 0 Å². The summed E-state index contributed by atoms with van der Waals surface area (Å²) in [6, 6.07) is 17.4. The number of rotatable bonds is 6. The predicted molar refractivity (Wildman–Crippen MR) is 114 cm³/mol. The van der Waals surface area contributed by atoms with E-state index in [1.54, 1.807) is 11.0 Å². The molecule has 0 bridgehead atoms. The molecule has 1 aliphatic rings. The van der Waals surface area contributed by atoms with Gasteiger partial charge in [0, 0.05) is 18.8 Å². The number of hydrogen-bond acceptors (Lipinski definition) is 4. The maximum absolute atomic E-state index is 13.0. The van der Waals surface area contributed by atoms with Crippen molar-refractivity contribution in [1.82, 2.24) is 19.7 Å². The van der Waals surface area contributed by atoms with Gasteiger partial charge in [0.25, 0.3) is 0 Å². The number of para-hydroxylation sites is 1. The summed E-state index contributed by atoms with van der Waals surface area (Å²) in [7, 11) is 0. The van der Waals surface area contributed by atoms with Crippen molar-refractivity contribution in [3.8, 4) is 0 Å². The van der Waals surface area contributed by atoms with Crippen LogP contribution in [0.3, 0.4) is 0 Å². The molecule has 0 radical (unpaired) electrons. The first-order valence-corrected chi connectivity index (χ1v) is 10.2. The number of carbonyl (C=O) groups is 2. The Labute approximate surface area is 175 Å². The number of nitrogens with zero attached hydrogens (tertiary/aromatic N) is 4. The molecule has 154 valence electrons. The maximum atomic E-state index is 13.0. The van der Waals surface area contributed by atoms with Gasteiger partial charge in [0.15, 0.2) is 0 Å². The molecule has 4 rings (SSSR count). The Morgan fingerprint density at radius 3 is 2.67 bits per heavy atom. The molecule has 7 heteroatoms. The summed E-state index contributed by atoms with van der Waals surface area (Å²) in [6.07, 6.45) is 5.13. The number of nitrogens with one attached hydrogen (secondary N) is 1. The minimum atomic E-state index is -0.210. The molecule has 1 fully saturated rings. The highest BCUT2D eigenvalue weighted by Crippen LogP contribution is 2.22. The van der Waals surface area contributed by atoms with E-state index in [1.807, 2.05) is 59.5 Å². The van der Waals surface area contributed by atoms with E-state index in [-0.39, 0.29) is 17.7 Å². The van der Waals surface area contributed by atoms with Crippen LogP contribution in [0.25, 0.3) is 0 Å². The Balaban J connectivity index is 1.38. The summed E-state index contributed by atoms with van der Waals surface area (Å²) in [5, 5.41) is 7.20. The third-order valence-corrected chi connectivity index (χ3v) is 5.42. The van der Waals surface area contributed by atoms with Crippen LogP contribution in [0.2, 0.25) is 0 Å². The molecular weight excluding hydrogens is 378 g/mol. The zero-order chi connectivity index (χ0) is 20.8. The van der Waals surface area contributed by atoms with Crippen LogP contribution in [0.15, 0.2) is 67.3 Å². The first kappa shape index (κ1) is 19.8. The first-order chi connectivity index (χ1) is 14.7. The van der Waals surface area contributed by atoms with Crippen molar-refractivity contribution in [3.63, 3.8) is 0 Å². The Kier molecular flexibility index (Phi) is 6.17. The van der Waals surface area contributed by atoms with Crippen LogP contribution in [0.4, 0.5) is 5.69 Å². The lowest BCUT2D eigenvalue weighted by Crippen LogP contribution is -2.44. The maximum Gasteiger partial charge on any atom is 0.229 e. The fraction of sp³-hybridized carbons (Fsp3) is 0.304. The zero-order valence-electron chi connectivity index (χ0n) is 16.8. The number of amides is 2. The summed E-state index contributed by atoms with van der Waals surface area (Å²) >= 11 is 0. The summed E-state index contributed by atoms with van der Waals surface area (Å²) in [5.41, 5.74) is 2.73. The van der Waals surface area contributed by atoms with Gasteiger partial charge in [0.05, 0.1) is 18.9 Å². The van der Waals surface area contributed by atoms with Crippen molar-refractivity contribution in [2.75, 3.05) is 18.4 Å². The van der Waals surface area contributed by atoms with Gasteiger partial charge in [-0.05, 0) is 30.0 Å². The minimum Gasteiger partial charge on any atom is -0.342 e. The highest BCUT2D eigenvalue weighted by Gasteiger charge is 2.28. The Hall–Kier alpha value is -3.48. The fourth-order valence-corrected chi connectivity index (χ4v) is 3.80. The fourth-order valence-electron chi connectivity index (χ4n) is 3.80. The summed E-state index contributed by atoms with van der Waals surface area (Å²) < 4.78 is 1.72. The smallest absolute Gasteiger partial charge is 0.229 e. The van der Waals surface area contributed by atoms with Crippen LogP contribution >= 0.6 is 0 Å². The number of anilines is 1. The molecule has 0 spiro atoms. The van der Waals surface area contributed by atoms with Crippen molar-refractivity contribution >= 4 is 17.5 Å². The van der Waals surface area contributed by atoms with E-state index in [0.717, 1.165) is 29.7 Å². The number of hydrogen-bond donors (Lipinski definition) is 1. The van der Waals surface area contributed by atoms with E-state index < -0.39 is 0 Å². The SMILES string of the molecule is O=C(Nc1ccccc1Cn1cncn1)C1CCCN(C(=O)Cc2ccccc2)C1. The van der Waals surface area contributed by atoms with Crippen molar-refractivity contribution in [2.45, 2.75) is 25.8 Å². The molecule has 3 aromatic rings. The van der Waals surface area contributed by atoms with E-state index in [2.05, 4.69) is 15.4 Å². The average Bonchev–Trinajstić information content (AvgIpc) is 3.29. The topological polar surface area (TPSA) is 80.1 Å². The summed E-state index contributed by atoms with van der Waals surface area (Å²) in [4.78, 5) is 31.5. The number of likely N-dealkylation sites (tertiary alicyclic amines) is 1. The van der Waals surface area contributed by atoms with Crippen LogP contribution in [0.1, 0.15) is 24.0 Å². The standard InChI is InChI=1S/C23H25N5O2/c29-22(13-18-7-2-1-3-8-18)27-12-6-10-20(14-27)23(30)26-21-11-5-4-9-19(21)15-28-17-24-16-25-28/h1-5,7-9,11,16-17,20H,6,10,12-15H2,(H,26,30). The summed E-state index contributed by atoms with van der Waals surface area (Å²) in [5.74, 6) is -0.179. The van der Waals surface area contributed by atoms with Gasteiger partial charge in [-0.1, -0.05) is 48.5 Å². The van der Waals surface area contributed by atoms with E-state index >= 15 is 0 Å². The molecular formula is C23H25N5O2. The first-order valence-electron chi connectivity index (χ1n) is 10.2. The Bertz CT molecular complexity index is 988. The molecule has 1 saturated heterocycles. The average molecular weight is 403 g/mol. The number of carbonyl (C=O) groups excluding carboxylic acids is 2. The molecule has 7 nitrogen and oxygen atoms in total. The van der Waals surface area contributed by atoms with E-state index in [1.165, 1.54) is 6.33 Å². The second-order valence-corrected chi connectivity index (χ2v) is 7.58. The van der Waals surface area contributed by atoms with Gasteiger partial charge < -0.3 is 10.2 Å². The predicted octanol–water partition coefficient (Wildman–Crippen LogP) is 2.75. The van der Waals surface area contributed by atoms with Crippen LogP contribution in [0.5, 0.6) is 0 Å². The molecule has 1 aliphatic heterocycles. The van der Waals surface area contributed by atoms with Gasteiger partial charge in [0.1, 0.15) is 12.7 Å². The summed E-state index contributed by atoms with van der Waals surface area (Å²) in [6.45, 7) is 1.70. The van der Waals surface area contributed by atoms with Crippen LogP contribution in [0, 0.1) is 5.92 Å². The quantitative estimate of drug-likeness (QED) is 0.686. The van der Waals surface area contributed by atoms with Crippen LogP contribution in [-0.4, -0.2) is 44.6 Å². The van der Waals surface area contributed by atoms with Crippen molar-refractivity contribution < 1.29 is 9.59 Å². The number of piperidine rings is 1. The van der Waals surface area contributed by atoms with E-state index in [0.29, 0.717) is 26.1 Å². The Morgan fingerprint density at radius 2 is 1.87 bits per heavy atom. The lowest BCUT2D eigenvalue weighted by molar-refractivity contribution is -0.133. The zero-order valence-corrected chi connectivity index (χ0v) is 16.8. The third-order valence-electron chi connectivity index (χ3n) is 5.42. The highest BCUT2D eigenvalue weighted by molar-refractivity contribution is 5.94. The lowest BCUT2D eigenvalue weighted by Gasteiger charge is -2.32. The van der Waals surface area contributed by atoms with Gasteiger partial charge >= 0.3 is 0 Å². The molecule has 0 aliphatic carbocycles. The normalized spacial score (nSPS) is 16.3. The minimum absolute atomic E-state index is 0.0433. The van der Waals surface area contributed by atoms with Crippen molar-refractivity contribution in [2.24, 2.45) is 5.92 Å². The number of aromatic nitrogens is 3. The van der Waals surface area contributed by atoms with Crippen LogP contribution < -0.4 is 5.32 Å². The monoisotopic (exact) mass is 403 g/mol. The molecule has 2 heterocycles. The number of benzene rings is 2. The van der Waals surface area contributed by atoms with E-state index in [4.69, 9.17) is 0 Å². The van der Waals surface area contributed by atoms with E-state index in [9.17, 15) is 9.59 Å². The molecule has 2 aromatic carbocycles. The van der Waals surface area contributed by atoms with Gasteiger partial charge in [-0.3, -0.25) is 9.59 Å². The third kappa shape index (κ3) is 4.92. The lowest BCUT2D eigenvalue weighted by atomic mass is 9.96. The van der Waals surface area contributed by atoms with Crippen molar-refractivity contribution in [3.05, 3.63) is 78.4 Å². The van der Waals surface area contributed by atoms with Gasteiger partial charge in [-0.2, -0.15) is 5.10 Å². The van der Waals surface area contributed by atoms with Gasteiger partial charge in [-0.15, -0.1) is 0 Å². The molecule has 1 unspecified atom stereocenters. The van der Waals surface area contributed by atoms with Gasteiger partial charge in [-0.25, -0.2) is 9.67 Å². The largest absolute Gasteiger partial charge is 0.342 e. The second kappa shape index (κ2) is 9.35. The molecule has 1 N–H and O–H groups in total. The molecule has 1 atom stereocenters.